The summed E-state index contributed by atoms with van der Waals surface area (Å²) in [6, 6.07) is 9.42. The van der Waals surface area contributed by atoms with E-state index < -0.39 is 0 Å². The van der Waals surface area contributed by atoms with Gasteiger partial charge in [0, 0.05) is 0 Å². The van der Waals surface area contributed by atoms with E-state index in [1.54, 1.807) is 55.6 Å². The van der Waals surface area contributed by atoms with Crippen molar-refractivity contribution < 1.29 is 0 Å². The Hall–Kier alpha value is -2.08. The number of hydrogen-bond acceptors (Lipinski definition) is 0. The summed E-state index contributed by atoms with van der Waals surface area (Å²) < 4.78 is 0. The highest BCUT2D eigenvalue weighted by Crippen LogP contribution is 2.44. The van der Waals surface area contributed by atoms with Crippen LogP contribution in [0.5, 0.6) is 0 Å². The Bertz CT molecular complexity index is 1270. The summed E-state index contributed by atoms with van der Waals surface area (Å²) in [7, 11) is 0. The molecule has 3 aromatic carbocycles. The molecule has 0 bridgehead atoms. The van der Waals surface area contributed by atoms with E-state index in [2.05, 4.69) is 107 Å². The van der Waals surface area contributed by atoms with Crippen LogP contribution in [0.4, 0.5) is 0 Å². The van der Waals surface area contributed by atoms with Gasteiger partial charge in [-0.15, -0.1) is 0 Å². The molecule has 0 saturated carbocycles. The van der Waals surface area contributed by atoms with Crippen molar-refractivity contribution in [1.82, 2.24) is 0 Å². The van der Waals surface area contributed by atoms with Gasteiger partial charge in [0.25, 0.3) is 0 Å². The molecule has 4 rings (SSSR count). The zero-order valence-electron chi connectivity index (χ0n) is 29.4. The van der Waals surface area contributed by atoms with Gasteiger partial charge in [-0.3, -0.25) is 0 Å². The van der Waals surface area contributed by atoms with Crippen LogP contribution in [0, 0.1) is 35.5 Å². The summed E-state index contributed by atoms with van der Waals surface area (Å²) >= 11 is 0. The van der Waals surface area contributed by atoms with Gasteiger partial charge in [0.05, 0.1) is 0 Å². The van der Waals surface area contributed by atoms with E-state index in [9.17, 15) is 0 Å². The molecule has 0 atom stereocenters. The summed E-state index contributed by atoms with van der Waals surface area (Å²) in [5.41, 5.74) is 17.1. The number of hydrogen-bond donors (Lipinski definition) is 0. The highest BCUT2D eigenvalue weighted by molar-refractivity contribution is 5.92. The molecule has 0 radical (unpaired) electrons. The van der Waals surface area contributed by atoms with Crippen molar-refractivity contribution in [2.45, 2.75) is 134 Å². The third-order valence-corrected chi connectivity index (χ3v) is 9.24. The minimum Gasteiger partial charge on any atom is -0.0625 e. The molecule has 1 aliphatic rings. The number of fused-ring (bicyclic) bond motifs is 3. The van der Waals surface area contributed by atoms with Gasteiger partial charge in [-0.05, 0) is 153 Å². The van der Waals surface area contributed by atoms with E-state index in [0.29, 0.717) is 35.5 Å². The van der Waals surface area contributed by atoms with Crippen molar-refractivity contribution in [3.05, 3.63) is 79.9 Å². The second kappa shape index (κ2) is 13.7. The summed E-state index contributed by atoms with van der Waals surface area (Å²) in [5.74, 6) is 3.94. The molecule has 0 N–H and O–H groups in total. The summed E-state index contributed by atoms with van der Waals surface area (Å²) in [4.78, 5) is 0. The molecule has 0 aliphatic heterocycles. The molecule has 0 aromatic heterocycles. The fourth-order valence-electron chi connectivity index (χ4n) is 7.90. The van der Waals surface area contributed by atoms with Crippen molar-refractivity contribution in [1.29, 1.82) is 0 Å². The second-order valence-electron chi connectivity index (χ2n) is 16.3. The monoisotopic (exact) mass is 566 g/mol. The lowest BCUT2D eigenvalue weighted by atomic mass is 9.69. The zero-order valence-corrected chi connectivity index (χ0v) is 29.4. The second-order valence-corrected chi connectivity index (χ2v) is 16.3. The molecule has 230 valence electrons. The van der Waals surface area contributed by atoms with E-state index in [0.717, 1.165) is 12.8 Å². The molecule has 0 amide bonds. The molecule has 0 spiro atoms. The molecule has 0 heteroatoms. The Balaban J connectivity index is 2.14. The molecule has 0 unspecified atom stereocenters. The predicted octanol–water partition coefficient (Wildman–Crippen LogP) is 11.5. The third-order valence-electron chi connectivity index (χ3n) is 9.24. The lowest BCUT2D eigenvalue weighted by Crippen LogP contribution is -2.24. The molecule has 1 aliphatic carbocycles. The predicted molar refractivity (Wildman–Crippen MR) is 187 cm³/mol. The number of benzene rings is 3. The first-order valence-electron chi connectivity index (χ1n) is 17.5. The van der Waals surface area contributed by atoms with Gasteiger partial charge in [-0.25, -0.2) is 0 Å². The Morgan fingerprint density at radius 1 is 0.357 bits per heavy atom. The summed E-state index contributed by atoms with van der Waals surface area (Å²) in [6.07, 6.45) is 9.43. The van der Waals surface area contributed by atoms with Gasteiger partial charge in [-0.1, -0.05) is 107 Å². The number of rotatable bonds is 12. The van der Waals surface area contributed by atoms with Crippen molar-refractivity contribution in [3.8, 4) is 0 Å². The van der Waals surface area contributed by atoms with Crippen LogP contribution in [0.2, 0.25) is 0 Å². The maximum atomic E-state index is 2.44. The molecule has 0 fully saturated rings. The molecule has 0 saturated heterocycles. The van der Waals surface area contributed by atoms with E-state index in [1.165, 1.54) is 49.3 Å². The standard InChI is InChI=1S/C42H62/c1-25(2)17-33-31-15-13-14-16-32(31)34(18-26(3)4)40-24-42-38(22-30(11)12)36(20-28(7)8)35(19-27(5)6)37(21-29(9)10)41(42)23-39(33)40/h13-16,25-30H,17-24H2,1-12H3. The molecule has 3 aromatic rings. The molecular formula is C42H62. The van der Waals surface area contributed by atoms with Crippen LogP contribution in [0.1, 0.15) is 139 Å². The highest BCUT2D eigenvalue weighted by Gasteiger charge is 2.31. The lowest BCUT2D eigenvalue weighted by Gasteiger charge is -2.35. The fraction of sp³-hybridized carbons (Fsp3) is 0.619. The van der Waals surface area contributed by atoms with Gasteiger partial charge < -0.3 is 0 Å². The zero-order chi connectivity index (χ0) is 30.9. The van der Waals surface area contributed by atoms with Crippen molar-refractivity contribution in [3.63, 3.8) is 0 Å². The van der Waals surface area contributed by atoms with Gasteiger partial charge in [-0.2, -0.15) is 0 Å². The highest BCUT2D eigenvalue weighted by atomic mass is 14.4. The largest absolute Gasteiger partial charge is 0.0625 e. The molecule has 42 heavy (non-hydrogen) atoms. The van der Waals surface area contributed by atoms with E-state index in [-0.39, 0.29) is 0 Å². The Kier molecular flexibility index (Phi) is 10.7. The third kappa shape index (κ3) is 7.17. The average molecular weight is 567 g/mol. The van der Waals surface area contributed by atoms with Crippen molar-refractivity contribution >= 4 is 10.8 Å². The van der Waals surface area contributed by atoms with Crippen LogP contribution in [-0.4, -0.2) is 0 Å². The first-order valence-corrected chi connectivity index (χ1v) is 17.5. The van der Waals surface area contributed by atoms with Crippen molar-refractivity contribution in [2.75, 3.05) is 0 Å². The van der Waals surface area contributed by atoms with Crippen LogP contribution in [0.25, 0.3) is 10.8 Å². The summed E-state index contributed by atoms with van der Waals surface area (Å²) in [5, 5.41) is 3.05. The molecule has 0 heterocycles. The first-order chi connectivity index (χ1) is 19.8. The normalized spacial score (nSPS) is 13.5. The summed E-state index contributed by atoms with van der Waals surface area (Å²) in [6.45, 7) is 29.1. The van der Waals surface area contributed by atoms with Crippen molar-refractivity contribution in [2.24, 2.45) is 35.5 Å². The topological polar surface area (TPSA) is 0 Å². The molecular weight excluding hydrogens is 504 g/mol. The van der Waals surface area contributed by atoms with Crippen LogP contribution in [0.15, 0.2) is 24.3 Å². The molecule has 0 nitrogen and oxygen atoms in total. The fourth-order valence-corrected chi connectivity index (χ4v) is 7.90. The van der Waals surface area contributed by atoms with E-state index >= 15 is 0 Å². The Morgan fingerprint density at radius 3 is 0.881 bits per heavy atom. The minimum atomic E-state index is 0.645. The van der Waals surface area contributed by atoms with Gasteiger partial charge >= 0.3 is 0 Å². The quantitative estimate of drug-likeness (QED) is 0.160. The maximum absolute atomic E-state index is 2.44. The maximum Gasteiger partial charge on any atom is -0.00141 e. The van der Waals surface area contributed by atoms with Gasteiger partial charge in [0.15, 0.2) is 0 Å². The smallest absolute Gasteiger partial charge is 0.00141 e. The van der Waals surface area contributed by atoms with Gasteiger partial charge in [0.2, 0.25) is 0 Å². The average Bonchev–Trinajstić information content (AvgIpc) is 2.88. The van der Waals surface area contributed by atoms with Crippen LogP contribution < -0.4 is 0 Å². The SMILES string of the molecule is CC(C)Cc1c2c(c(CC(C)C)c(CC(C)C)c1CC(C)C)Cc1c(c(CC(C)C)c3ccccc3c1CC(C)C)C2. The Labute approximate surface area is 260 Å². The van der Waals surface area contributed by atoms with E-state index in [4.69, 9.17) is 0 Å². The van der Waals surface area contributed by atoms with E-state index in [1.807, 2.05) is 0 Å². The lowest BCUT2D eigenvalue weighted by molar-refractivity contribution is 0.577. The first kappa shape index (κ1) is 32.8. The van der Waals surface area contributed by atoms with Crippen LogP contribution >= 0.6 is 0 Å². The minimum absolute atomic E-state index is 0.645. The Morgan fingerprint density at radius 2 is 0.595 bits per heavy atom. The van der Waals surface area contributed by atoms with Crippen LogP contribution in [-0.2, 0) is 51.4 Å². The van der Waals surface area contributed by atoms with Crippen LogP contribution in [0.3, 0.4) is 0 Å². The van der Waals surface area contributed by atoms with Gasteiger partial charge in [0.1, 0.15) is 0 Å².